The summed E-state index contributed by atoms with van der Waals surface area (Å²) in [6, 6.07) is 0. The fraction of sp³-hybridized carbons (Fsp3) is 0.875. The van der Waals surface area contributed by atoms with Gasteiger partial charge in [0.2, 0.25) is 0 Å². The van der Waals surface area contributed by atoms with Gasteiger partial charge in [-0.2, -0.15) is 0 Å². The van der Waals surface area contributed by atoms with Crippen LogP contribution in [0, 0.1) is 11.8 Å². The predicted octanol–water partition coefficient (Wildman–Crippen LogP) is 0.319. The van der Waals surface area contributed by atoms with Gasteiger partial charge in [-0.05, 0) is 5.92 Å². The Morgan fingerprint density at radius 1 is 1.64 bits per heavy atom. The highest BCUT2D eigenvalue weighted by Crippen LogP contribution is 2.40. The second kappa shape index (κ2) is 2.21. The molecule has 2 rings (SSSR count). The first-order valence-electron chi connectivity index (χ1n) is 4.06. The molecular weight excluding hydrogens is 144 g/mol. The van der Waals surface area contributed by atoms with Crippen LogP contribution in [0.3, 0.4) is 0 Å². The van der Waals surface area contributed by atoms with Gasteiger partial charge in [-0.25, -0.2) is 0 Å². The van der Waals surface area contributed by atoms with Crippen molar-refractivity contribution in [3.05, 3.63) is 0 Å². The maximum atomic E-state index is 10.9. The SMILES string of the molecule is C[C@@H]1[C@H]2CC(=O)O[C@@H]1C[C@H]2O. The van der Waals surface area contributed by atoms with E-state index in [1.807, 2.05) is 6.92 Å². The van der Waals surface area contributed by atoms with Gasteiger partial charge in [-0.15, -0.1) is 0 Å². The Balaban J connectivity index is 2.20. The number of aliphatic hydroxyl groups is 1. The van der Waals surface area contributed by atoms with Crippen molar-refractivity contribution in [1.82, 2.24) is 0 Å². The lowest BCUT2D eigenvalue weighted by atomic mass is 9.91. The van der Waals surface area contributed by atoms with Gasteiger partial charge >= 0.3 is 5.97 Å². The average Bonchev–Trinajstić information content (AvgIpc) is 2.17. The Labute approximate surface area is 65.4 Å². The highest BCUT2D eigenvalue weighted by molar-refractivity contribution is 5.71. The second-order valence-corrected chi connectivity index (χ2v) is 3.56. The van der Waals surface area contributed by atoms with Crippen molar-refractivity contribution in [3.63, 3.8) is 0 Å². The van der Waals surface area contributed by atoms with E-state index >= 15 is 0 Å². The van der Waals surface area contributed by atoms with Crippen molar-refractivity contribution in [3.8, 4) is 0 Å². The van der Waals surface area contributed by atoms with E-state index in [1.165, 1.54) is 0 Å². The number of carbonyl (C=O) groups excluding carboxylic acids is 1. The summed E-state index contributed by atoms with van der Waals surface area (Å²) in [5.74, 6) is 0.360. The lowest BCUT2D eigenvalue weighted by Crippen LogP contribution is -2.31. The van der Waals surface area contributed by atoms with Crippen molar-refractivity contribution in [2.45, 2.75) is 32.0 Å². The third kappa shape index (κ3) is 0.948. The first-order chi connectivity index (χ1) is 5.18. The van der Waals surface area contributed by atoms with Crippen molar-refractivity contribution >= 4 is 5.97 Å². The fourth-order valence-corrected chi connectivity index (χ4v) is 2.14. The van der Waals surface area contributed by atoms with Gasteiger partial charge in [0.05, 0.1) is 12.5 Å². The summed E-state index contributed by atoms with van der Waals surface area (Å²) in [4.78, 5) is 10.9. The zero-order valence-corrected chi connectivity index (χ0v) is 6.49. The maximum absolute atomic E-state index is 10.9. The molecule has 0 aromatic carbocycles. The standard InChI is InChI=1S/C8H12O3/c1-4-5-2-8(10)11-7(4)3-6(5)9/h4-7,9H,2-3H2,1H3/t4-,5-,6-,7-/m1/s1. The molecule has 0 aromatic rings. The molecule has 0 radical (unpaired) electrons. The van der Waals surface area contributed by atoms with Crippen molar-refractivity contribution in [2.24, 2.45) is 11.8 Å². The first-order valence-corrected chi connectivity index (χ1v) is 4.06. The van der Waals surface area contributed by atoms with Gasteiger partial charge in [0.15, 0.2) is 0 Å². The molecule has 1 N–H and O–H groups in total. The van der Waals surface area contributed by atoms with Crippen LogP contribution in [0.25, 0.3) is 0 Å². The zero-order chi connectivity index (χ0) is 8.01. The number of hydrogen-bond donors (Lipinski definition) is 1. The van der Waals surface area contributed by atoms with E-state index in [4.69, 9.17) is 4.74 Å². The van der Waals surface area contributed by atoms with E-state index in [0.717, 1.165) is 0 Å². The summed E-state index contributed by atoms with van der Waals surface area (Å²) >= 11 is 0. The maximum Gasteiger partial charge on any atom is 0.306 e. The van der Waals surface area contributed by atoms with Gasteiger partial charge in [-0.3, -0.25) is 4.79 Å². The van der Waals surface area contributed by atoms with Gasteiger partial charge in [0.1, 0.15) is 6.10 Å². The lowest BCUT2D eigenvalue weighted by molar-refractivity contribution is -0.157. The minimum Gasteiger partial charge on any atom is -0.462 e. The number of esters is 1. The molecule has 1 saturated heterocycles. The molecule has 0 aromatic heterocycles. The fourth-order valence-electron chi connectivity index (χ4n) is 2.14. The summed E-state index contributed by atoms with van der Waals surface area (Å²) in [6.45, 7) is 2.04. The normalized spacial score (nSPS) is 49.1. The van der Waals surface area contributed by atoms with Crippen LogP contribution >= 0.6 is 0 Å². The molecule has 1 saturated carbocycles. The van der Waals surface area contributed by atoms with Crippen LogP contribution in [0.1, 0.15) is 19.8 Å². The Morgan fingerprint density at radius 3 is 3.00 bits per heavy atom. The van der Waals surface area contributed by atoms with Crippen LogP contribution in [0.5, 0.6) is 0 Å². The monoisotopic (exact) mass is 156 g/mol. The molecule has 1 aliphatic heterocycles. The lowest BCUT2D eigenvalue weighted by Gasteiger charge is -2.26. The first kappa shape index (κ1) is 7.10. The largest absolute Gasteiger partial charge is 0.462 e. The number of ether oxygens (including phenoxy) is 1. The molecule has 0 spiro atoms. The summed E-state index contributed by atoms with van der Waals surface area (Å²) in [5, 5.41) is 9.46. The molecular formula is C8H12O3. The molecule has 1 heterocycles. The van der Waals surface area contributed by atoms with Gasteiger partial charge in [-0.1, -0.05) is 6.92 Å². The summed E-state index contributed by atoms with van der Waals surface area (Å²) in [6.07, 6.45) is 0.703. The average molecular weight is 156 g/mol. The molecule has 11 heavy (non-hydrogen) atoms. The van der Waals surface area contributed by atoms with Crippen LogP contribution in [0.4, 0.5) is 0 Å². The molecule has 4 atom stereocenters. The second-order valence-electron chi connectivity index (χ2n) is 3.56. The third-order valence-corrected chi connectivity index (χ3v) is 2.91. The molecule has 0 amide bonds. The highest BCUT2D eigenvalue weighted by Gasteiger charge is 2.46. The van der Waals surface area contributed by atoms with E-state index < -0.39 is 0 Å². The minimum atomic E-state index is -0.318. The highest BCUT2D eigenvalue weighted by atomic mass is 16.5. The van der Waals surface area contributed by atoms with Crippen LogP contribution in [-0.2, 0) is 9.53 Å². The van der Waals surface area contributed by atoms with Crippen LogP contribution in [-0.4, -0.2) is 23.3 Å². The Morgan fingerprint density at radius 2 is 2.36 bits per heavy atom. The molecule has 2 bridgehead atoms. The van der Waals surface area contributed by atoms with Crippen molar-refractivity contribution in [2.75, 3.05) is 0 Å². The van der Waals surface area contributed by atoms with E-state index in [-0.39, 0.29) is 24.1 Å². The van der Waals surface area contributed by atoms with E-state index in [9.17, 15) is 9.90 Å². The number of carbonyl (C=O) groups is 1. The molecule has 3 nitrogen and oxygen atoms in total. The van der Waals surface area contributed by atoms with E-state index in [0.29, 0.717) is 18.8 Å². The minimum absolute atomic E-state index is 0.0174. The number of rotatable bonds is 0. The van der Waals surface area contributed by atoms with Gasteiger partial charge in [0.25, 0.3) is 0 Å². The van der Waals surface area contributed by atoms with Gasteiger partial charge in [0, 0.05) is 12.3 Å². The number of hydrogen-bond acceptors (Lipinski definition) is 3. The van der Waals surface area contributed by atoms with Crippen molar-refractivity contribution < 1.29 is 14.6 Å². The molecule has 62 valence electrons. The molecule has 1 aliphatic carbocycles. The number of aliphatic hydroxyl groups excluding tert-OH is 1. The molecule has 2 aliphatic rings. The Kier molecular flexibility index (Phi) is 1.42. The van der Waals surface area contributed by atoms with E-state index in [1.54, 1.807) is 0 Å². The topological polar surface area (TPSA) is 46.5 Å². The Bertz CT molecular complexity index is 190. The Hall–Kier alpha value is -0.570. The van der Waals surface area contributed by atoms with Gasteiger partial charge < -0.3 is 9.84 Å². The molecule has 0 unspecified atom stereocenters. The predicted molar refractivity (Wildman–Crippen MR) is 37.8 cm³/mol. The van der Waals surface area contributed by atoms with Crippen LogP contribution < -0.4 is 0 Å². The summed E-state index contributed by atoms with van der Waals surface area (Å²) < 4.78 is 5.06. The quantitative estimate of drug-likeness (QED) is 0.514. The zero-order valence-electron chi connectivity index (χ0n) is 6.49. The van der Waals surface area contributed by atoms with Crippen LogP contribution in [0.2, 0.25) is 0 Å². The van der Waals surface area contributed by atoms with E-state index in [2.05, 4.69) is 0 Å². The number of fused-ring (bicyclic) bond motifs is 2. The smallest absolute Gasteiger partial charge is 0.306 e. The summed E-state index contributed by atoms with van der Waals surface area (Å²) in [5.41, 5.74) is 0. The summed E-state index contributed by atoms with van der Waals surface area (Å²) in [7, 11) is 0. The molecule has 3 heteroatoms. The van der Waals surface area contributed by atoms with Crippen LogP contribution in [0.15, 0.2) is 0 Å². The molecule has 2 fully saturated rings. The third-order valence-electron chi connectivity index (χ3n) is 2.91. The van der Waals surface area contributed by atoms with Crippen molar-refractivity contribution in [1.29, 1.82) is 0 Å².